The Morgan fingerprint density at radius 1 is 1.22 bits per heavy atom. The maximum atomic E-state index is 12.9. The zero-order chi connectivity index (χ0) is 28.8. The number of benzene rings is 1. The van der Waals surface area contributed by atoms with E-state index < -0.39 is 11.7 Å². The Morgan fingerprint density at radius 3 is 2.83 bits per heavy atom. The van der Waals surface area contributed by atoms with Crippen molar-refractivity contribution in [2.75, 3.05) is 24.6 Å². The Balaban J connectivity index is 1.29. The van der Waals surface area contributed by atoms with Crippen LogP contribution in [-0.4, -0.2) is 62.9 Å². The Labute approximate surface area is 243 Å². The van der Waals surface area contributed by atoms with Gasteiger partial charge in [0.15, 0.2) is 5.65 Å². The maximum Gasteiger partial charge on any atom is 0.407 e. The predicted octanol–water partition coefficient (Wildman–Crippen LogP) is 5.20. The van der Waals surface area contributed by atoms with Crippen molar-refractivity contribution in [3.8, 4) is 6.07 Å². The molecular weight excluding hydrogens is 538 g/mol. The molecule has 10 nitrogen and oxygen atoms in total. The van der Waals surface area contributed by atoms with E-state index in [1.807, 2.05) is 55.8 Å². The number of hydrogen-bond acceptors (Lipinski definition) is 9. The number of anilines is 1. The third-order valence-corrected chi connectivity index (χ3v) is 8.85. The average Bonchev–Trinajstić information content (AvgIpc) is 3.57. The number of rotatable bonds is 4. The third-order valence-electron chi connectivity index (χ3n) is 7.77. The van der Waals surface area contributed by atoms with Crippen molar-refractivity contribution in [2.45, 2.75) is 68.1 Å². The molecular formula is C30H33N7O3S. The summed E-state index contributed by atoms with van der Waals surface area (Å²) in [5, 5.41) is 13.4. The summed E-state index contributed by atoms with van der Waals surface area (Å²) in [5.41, 5.74) is 1.42. The quantitative estimate of drug-likeness (QED) is 0.353. The molecule has 3 aromatic heterocycles. The molecule has 11 heteroatoms. The van der Waals surface area contributed by atoms with Crippen LogP contribution < -0.4 is 10.2 Å². The van der Waals surface area contributed by atoms with Crippen molar-refractivity contribution >= 4 is 40.4 Å². The summed E-state index contributed by atoms with van der Waals surface area (Å²) in [6.07, 6.45) is 8.80. The third kappa shape index (κ3) is 5.42. The van der Waals surface area contributed by atoms with Crippen LogP contribution in [0, 0.1) is 16.7 Å². The van der Waals surface area contributed by atoms with E-state index in [0.717, 1.165) is 51.7 Å². The van der Waals surface area contributed by atoms with Crippen LogP contribution in [0.2, 0.25) is 0 Å². The van der Waals surface area contributed by atoms with Gasteiger partial charge in [0.2, 0.25) is 5.95 Å². The van der Waals surface area contributed by atoms with Gasteiger partial charge in [-0.1, -0.05) is 17.8 Å². The number of fused-ring (bicyclic) bond motifs is 2. The largest absolute Gasteiger partial charge is 0.444 e. The zero-order valence-corrected chi connectivity index (χ0v) is 24.4. The molecule has 41 heavy (non-hydrogen) atoms. The van der Waals surface area contributed by atoms with Gasteiger partial charge in [-0.2, -0.15) is 5.26 Å². The minimum atomic E-state index is -0.582. The summed E-state index contributed by atoms with van der Waals surface area (Å²) >= 11 is 1.57. The standard InChI is InChI=1S/C30H33N7O3S/c1-19-14-30(18-39-19)8-11-36(17-25(30)35-28(38)40-29(2,3)4)27-34-16-24(26-33-10-12-37(26)27)41-23-7-9-32-22-13-20(15-31)5-6-21(22)23/h5-7,9-10,12-13,16,19,25H,8,11,14,17-18H2,1-4H3,(H,35,38)/t19-,25?,30?/m0/s1. The number of carbonyl (C=O) groups is 1. The number of nitriles is 1. The SMILES string of the molecule is C[C@H]1CC2(CCN(c3ncc(Sc4ccnc5cc(C#N)ccc45)c4nccn34)CC2NC(=O)OC(C)(C)C)CO1. The number of alkyl carbamates (subject to hydrolysis) is 1. The molecule has 5 heterocycles. The first-order valence-corrected chi connectivity index (χ1v) is 14.6. The molecule has 2 saturated heterocycles. The molecule has 0 aliphatic carbocycles. The summed E-state index contributed by atoms with van der Waals surface area (Å²) < 4.78 is 13.6. The first-order chi connectivity index (χ1) is 19.6. The number of imidazole rings is 1. The van der Waals surface area contributed by atoms with Gasteiger partial charge < -0.3 is 19.7 Å². The summed E-state index contributed by atoms with van der Waals surface area (Å²) in [7, 11) is 0. The van der Waals surface area contributed by atoms with Crippen molar-refractivity contribution in [1.82, 2.24) is 24.7 Å². The molecule has 2 aliphatic heterocycles. The number of piperidine rings is 1. The highest BCUT2D eigenvalue weighted by Gasteiger charge is 2.49. The Bertz CT molecular complexity index is 1660. The number of ether oxygens (including phenoxy) is 2. The predicted molar refractivity (Wildman–Crippen MR) is 156 cm³/mol. The number of carbonyl (C=O) groups excluding carboxylic acids is 1. The second-order valence-corrected chi connectivity index (χ2v) is 13.0. The summed E-state index contributed by atoms with van der Waals surface area (Å²) in [6, 6.07) is 9.52. The molecule has 1 spiro atoms. The molecule has 1 amide bonds. The molecule has 0 radical (unpaired) electrons. The molecule has 2 fully saturated rings. The Morgan fingerprint density at radius 2 is 2.07 bits per heavy atom. The van der Waals surface area contributed by atoms with E-state index in [1.54, 1.807) is 30.2 Å². The first kappa shape index (κ1) is 27.3. The molecule has 2 aliphatic rings. The lowest BCUT2D eigenvalue weighted by atomic mass is 9.73. The maximum absolute atomic E-state index is 12.9. The van der Waals surface area contributed by atoms with Crippen LogP contribution in [0.25, 0.3) is 16.6 Å². The molecule has 6 rings (SSSR count). The monoisotopic (exact) mass is 571 g/mol. The number of nitrogens with zero attached hydrogens (tertiary/aromatic N) is 6. The van der Waals surface area contributed by atoms with Crippen molar-refractivity contribution in [1.29, 1.82) is 5.26 Å². The lowest BCUT2D eigenvalue weighted by molar-refractivity contribution is 0.0385. The van der Waals surface area contributed by atoms with E-state index in [-0.39, 0.29) is 17.6 Å². The fourth-order valence-electron chi connectivity index (χ4n) is 5.87. The minimum Gasteiger partial charge on any atom is -0.444 e. The van der Waals surface area contributed by atoms with Crippen LogP contribution in [0.3, 0.4) is 0 Å². The van der Waals surface area contributed by atoms with Crippen molar-refractivity contribution in [2.24, 2.45) is 5.41 Å². The van der Waals surface area contributed by atoms with Gasteiger partial charge in [-0.3, -0.25) is 9.38 Å². The Hall–Kier alpha value is -3.88. The molecule has 1 N–H and O–H groups in total. The van der Waals surface area contributed by atoms with E-state index in [9.17, 15) is 10.1 Å². The number of pyridine rings is 1. The highest BCUT2D eigenvalue weighted by Crippen LogP contribution is 2.43. The smallest absolute Gasteiger partial charge is 0.407 e. The zero-order valence-electron chi connectivity index (χ0n) is 23.6. The van der Waals surface area contributed by atoms with E-state index in [1.165, 1.54) is 0 Å². The van der Waals surface area contributed by atoms with Crippen molar-refractivity contribution in [3.63, 3.8) is 0 Å². The average molecular weight is 572 g/mol. The summed E-state index contributed by atoms with van der Waals surface area (Å²) in [5.74, 6) is 0.776. The minimum absolute atomic E-state index is 0.148. The second kappa shape index (κ2) is 10.5. The number of hydrogen-bond donors (Lipinski definition) is 1. The molecule has 2 unspecified atom stereocenters. The second-order valence-electron chi connectivity index (χ2n) is 11.9. The fourth-order valence-corrected chi connectivity index (χ4v) is 6.87. The van der Waals surface area contributed by atoms with Gasteiger partial charge in [0.25, 0.3) is 0 Å². The van der Waals surface area contributed by atoms with Crippen molar-refractivity contribution in [3.05, 3.63) is 54.6 Å². The van der Waals surface area contributed by atoms with Gasteiger partial charge in [-0.05, 0) is 58.7 Å². The van der Waals surface area contributed by atoms with Gasteiger partial charge in [0, 0.05) is 53.6 Å². The number of nitrogens with one attached hydrogen (secondary N) is 1. The van der Waals surface area contributed by atoms with Crippen LogP contribution in [-0.2, 0) is 9.47 Å². The highest BCUT2D eigenvalue weighted by molar-refractivity contribution is 7.99. The summed E-state index contributed by atoms with van der Waals surface area (Å²) in [4.78, 5) is 31.0. The van der Waals surface area contributed by atoms with Gasteiger partial charge >= 0.3 is 6.09 Å². The molecule has 0 saturated carbocycles. The fraction of sp³-hybridized carbons (Fsp3) is 0.433. The van der Waals surface area contributed by atoms with Crippen LogP contribution in [0.1, 0.15) is 46.1 Å². The number of aromatic nitrogens is 4. The molecule has 1 aromatic carbocycles. The van der Waals surface area contributed by atoms with Crippen LogP contribution in [0.4, 0.5) is 10.7 Å². The van der Waals surface area contributed by atoms with Crippen LogP contribution in [0.5, 0.6) is 0 Å². The van der Waals surface area contributed by atoms with Crippen molar-refractivity contribution < 1.29 is 14.3 Å². The van der Waals surface area contributed by atoms with Gasteiger partial charge in [0.1, 0.15) is 5.60 Å². The van der Waals surface area contributed by atoms with E-state index >= 15 is 0 Å². The van der Waals surface area contributed by atoms with Gasteiger partial charge in [0.05, 0.1) is 40.8 Å². The topological polar surface area (TPSA) is 118 Å². The highest BCUT2D eigenvalue weighted by atomic mass is 32.2. The summed E-state index contributed by atoms with van der Waals surface area (Å²) in [6.45, 7) is 9.67. The molecule has 0 bridgehead atoms. The van der Waals surface area contributed by atoms with Gasteiger partial charge in [-0.15, -0.1) is 0 Å². The molecule has 4 aromatic rings. The van der Waals surface area contributed by atoms with Crippen LogP contribution >= 0.6 is 11.8 Å². The van der Waals surface area contributed by atoms with Gasteiger partial charge in [-0.25, -0.2) is 14.8 Å². The van der Waals surface area contributed by atoms with Crippen LogP contribution in [0.15, 0.2) is 58.8 Å². The normalized spacial score (nSPS) is 22.8. The van der Waals surface area contributed by atoms with E-state index in [4.69, 9.17) is 14.5 Å². The lowest BCUT2D eigenvalue weighted by Crippen LogP contribution is -2.60. The number of amides is 1. The van der Waals surface area contributed by atoms with E-state index in [2.05, 4.69) is 33.2 Å². The van der Waals surface area contributed by atoms with E-state index in [0.29, 0.717) is 18.7 Å². The first-order valence-electron chi connectivity index (χ1n) is 13.8. The lowest BCUT2D eigenvalue weighted by Gasteiger charge is -2.45. The molecule has 212 valence electrons. The Kier molecular flexibility index (Phi) is 6.99. The molecule has 3 atom stereocenters.